The summed E-state index contributed by atoms with van der Waals surface area (Å²) in [4.78, 5) is 0. The number of ether oxygens (including phenoxy) is 2. The second kappa shape index (κ2) is 13.8. The van der Waals surface area contributed by atoms with Gasteiger partial charge in [-0.3, -0.25) is 5.11 Å². The van der Waals surface area contributed by atoms with Crippen molar-refractivity contribution in [2.75, 3.05) is 0 Å². The predicted octanol–water partition coefficient (Wildman–Crippen LogP) is 10.5. The molecule has 0 spiro atoms. The Kier molecular flexibility index (Phi) is 10.7. The fourth-order valence-corrected chi connectivity index (χ4v) is 4.34. The zero-order valence-electron chi connectivity index (χ0n) is 21.9. The van der Waals surface area contributed by atoms with Crippen LogP contribution in [0.5, 0.6) is 17.2 Å². The molecule has 0 aliphatic heterocycles. The summed E-state index contributed by atoms with van der Waals surface area (Å²) in [6.45, 7) is 2.17. The van der Waals surface area contributed by atoms with Gasteiger partial charge in [-0.25, -0.2) is 8.78 Å². The van der Waals surface area contributed by atoms with Gasteiger partial charge in [0.25, 0.3) is 0 Å². The molecule has 0 saturated carbocycles. The third-order valence-corrected chi connectivity index (χ3v) is 6.34. The molecule has 0 unspecified atom stereocenters. The molecule has 0 aliphatic carbocycles. The van der Waals surface area contributed by atoms with Crippen molar-refractivity contribution in [3.63, 3.8) is 0 Å². The summed E-state index contributed by atoms with van der Waals surface area (Å²) in [6, 6.07) is 9.26. The van der Waals surface area contributed by atoms with Crippen molar-refractivity contribution in [2.45, 2.75) is 77.2 Å². The first-order valence-corrected chi connectivity index (χ1v) is 13.1. The van der Waals surface area contributed by atoms with Gasteiger partial charge in [-0.2, -0.15) is 8.78 Å². The van der Waals surface area contributed by atoms with Crippen molar-refractivity contribution in [2.24, 2.45) is 0 Å². The molecule has 0 saturated heterocycles. The number of alkyl halides is 5. The van der Waals surface area contributed by atoms with Gasteiger partial charge in [-0.15, -0.1) is 13.2 Å². The van der Waals surface area contributed by atoms with Gasteiger partial charge in [0.2, 0.25) is 0 Å². The van der Waals surface area contributed by atoms with E-state index in [9.17, 15) is 31.4 Å². The quantitative estimate of drug-likeness (QED) is 0.143. The topological polar surface area (TPSA) is 38.4 Å². The SMILES string of the molecule is CCCCCCCCCCc1ccc(-c2c([O])cc(F)c(C(F)(F)Oc3ccc(OC(F)(F)F)cc3)c2F)cc1. The van der Waals surface area contributed by atoms with E-state index in [2.05, 4.69) is 16.4 Å². The highest BCUT2D eigenvalue weighted by Gasteiger charge is 2.43. The molecule has 0 bridgehead atoms. The number of aryl methyl sites for hydroxylation is 1. The fraction of sp³-hybridized carbons (Fsp3) is 0.400. The molecule has 217 valence electrons. The van der Waals surface area contributed by atoms with Crippen LogP contribution in [-0.4, -0.2) is 6.36 Å². The van der Waals surface area contributed by atoms with Gasteiger partial charge in [0.15, 0.2) is 11.6 Å². The third kappa shape index (κ3) is 8.79. The summed E-state index contributed by atoms with van der Waals surface area (Å²) in [5, 5.41) is 12.4. The first-order chi connectivity index (χ1) is 18.9. The molecular formula is C30H30F7O3. The van der Waals surface area contributed by atoms with Crippen LogP contribution in [0.4, 0.5) is 30.7 Å². The van der Waals surface area contributed by atoms with E-state index in [0.717, 1.165) is 43.4 Å². The van der Waals surface area contributed by atoms with Crippen molar-refractivity contribution in [1.82, 2.24) is 0 Å². The standard InChI is InChI=1S/C30H30F7O3/c1-2-3-4-5-6-7-8-9-10-20-11-13-21(14-12-20)26-25(38)19-24(31)27(28(26)32)29(33,34)39-22-15-17-23(18-16-22)40-30(35,36)37/h11-19H,2-10H2,1H3. The number of benzene rings is 3. The zero-order chi connectivity index (χ0) is 29.3. The van der Waals surface area contributed by atoms with Crippen LogP contribution in [0, 0.1) is 11.6 Å². The molecule has 0 amide bonds. The van der Waals surface area contributed by atoms with Crippen LogP contribution in [-0.2, 0) is 17.6 Å². The second-order valence-electron chi connectivity index (χ2n) is 9.48. The van der Waals surface area contributed by atoms with E-state index >= 15 is 4.39 Å². The summed E-state index contributed by atoms with van der Waals surface area (Å²) in [6.07, 6.45) is 0.391. The Morgan fingerprint density at radius 1 is 0.700 bits per heavy atom. The molecule has 3 rings (SSSR count). The summed E-state index contributed by atoms with van der Waals surface area (Å²) in [5.41, 5.74) is -1.61. The van der Waals surface area contributed by atoms with Gasteiger partial charge in [-0.1, -0.05) is 76.1 Å². The van der Waals surface area contributed by atoms with Crippen molar-refractivity contribution >= 4 is 0 Å². The Morgan fingerprint density at radius 3 is 1.77 bits per heavy atom. The molecule has 0 heterocycles. The Morgan fingerprint density at radius 2 is 1.23 bits per heavy atom. The molecule has 1 radical (unpaired) electrons. The Balaban J connectivity index is 1.71. The van der Waals surface area contributed by atoms with Crippen LogP contribution >= 0.6 is 0 Å². The van der Waals surface area contributed by atoms with Crippen molar-refractivity contribution in [1.29, 1.82) is 0 Å². The Labute approximate surface area is 228 Å². The van der Waals surface area contributed by atoms with E-state index in [1.54, 1.807) is 12.1 Å². The van der Waals surface area contributed by atoms with E-state index in [4.69, 9.17) is 0 Å². The number of unbranched alkanes of at least 4 members (excludes halogenated alkanes) is 7. The first kappa shape index (κ1) is 31.1. The minimum Gasteiger partial charge on any atom is -0.429 e. The molecule has 0 N–H and O–H groups in total. The van der Waals surface area contributed by atoms with Crippen molar-refractivity contribution in [3.05, 3.63) is 77.4 Å². The lowest BCUT2D eigenvalue weighted by atomic mass is 9.97. The molecule has 3 aromatic rings. The average Bonchev–Trinajstić information content (AvgIpc) is 2.86. The Bertz CT molecular complexity index is 1220. The molecule has 0 atom stereocenters. The van der Waals surface area contributed by atoms with Crippen LogP contribution in [0.2, 0.25) is 0 Å². The largest absolute Gasteiger partial charge is 0.573 e. The molecular weight excluding hydrogens is 541 g/mol. The molecule has 0 aliphatic rings. The average molecular weight is 572 g/mol. The summed E-state index contributed by atoms with van der Waals surface area (Å²) >= 11 is 0. The molecule has 3 nitrogen and oxygen atoms in total. The molecule has 40 heavy (non-hydrogen) atoms. The smallest absolute Gasteiger partial charge is 0.429 e. The maximum atomic E-state index is 15.3. The van der Waals surface area contributed by atoms with Crippen LogP contribution in [0.15, 0.2) is 54.6 Å². The monoisotopic (exact) mass is 571 g/mol. The second-order valence-corrected chi connectivity index (χ2v) is 9.48. The van der Waals surface area contributed by atoms with E-state index < -0.39 is 52.5 Å². The van der Waals surface area contributed by atoms with Gasteiger partial charge in [-0.05, 0) is 48.2 Å². The third-order valence-electron chi connectivity index (χ3n) is 6.34. The number of halogens is 7. The summed E-state index contributed by atoms with van der Waals surface area (Å²) in [7, 11) is 0. The van der Waals surface area contributed by atoms with Crippen LogP contribution in [0.3, 0.4) is 0 Å². The van der Waals surface area contributed by atoms with Gasteiger partial charge in [0.05, 0.1) is 5.56 Å². The van der Waals surface area contributed by atoms with Gasteiger partial charge >= 0.3 is 12.5 Å². The lowest BCUT2D eigenvalue weighted by Gasteiger charge is -2.21. The lowest BCUT2D eigenvalue weighted by Crippen LogP contribution is -2.25. The minimum atomic E-state index is -5.00. The highest BCUT2D eigenvalue weighted by Crippen LogP contribution is 2.42. The predicted molar refractivity (Wildman–Crippen MR) is 136 cm³/mol. The molecule has 0 fully saturated rings. The van der Waals surface area contributed by atoms with E-state index in [0.29, 0.717) is 12.1 Å². The van der Waals surface area contributed by atoms with E-state index in [1.165, 1.54) is 44.2 Å². The maximum absolute atomic E-state index is 15.3. The van der Waals surface area contributed by atoms with E-state index in [1.807, 2.05) is 0 Å². The number of rotatable bonds is 14. The van der Waals surface area contributed by atoms with Crippen LogP contribution in [0.1, 0.15) is 69.4 Å². The highest BCUT2D eigenvalue weighted by molar-refractivity contribution is 5.72. The Hall–Kier alpha value is -3.43. The molecule has 10 heteroatoms. The van der Waals surface area contributed by atoms with Gasteiger partial charge in [0.1, 0.15) is 22.9 Å². The maximum Gasteiger partial charge on any atom is 0.573 e. The number of hydrogen-bond acceptors (Lipinski definition) is 2. The number of hydrogen-bond donors (Lipinski definition) is 0. The highest BCUT2D eigenvalue weighted by atomic mass is 19.4. The zero-order valence-corrected chi connectivity index (χ0v) is 21.9. The molecule has 0 aromatic heterocycles. The van der Waals surface area contributed by atoms with Crippen molar-refractivity contribution in [3.8, 4) is 28.4 Å². The lowest BCUT2D eigenvalue weighted by molar-refractivity contribution is -0.274. The van der Waals surface area contributed by atoms with Crippen LogP contribution in [0.25, 0.3) is 11.1 Å². The first-order valence-electron chi connectivity index (χ1n) is 13.1. The minimum absolute atomic E-state index is 0.00660. The van der Waals surface area contributed by atoms with Crippen LogP contribution < -0.4 is 9.47 Å². The fourth-order valence-electron chi connectivity index (χ4n) is 4.34. The summed E-state index contributed by atoms with van der Waals surface area (Å²) in [5.74, 6) is -6.12. The van der Waals surface area contributed by atoms with E-state index in [-0.39, 0.29) is 11.6 Å². The van der Waals surface area contributed by atoms with Gasteiger partial charge < -0.3 is 9.47 Å². The molecule has 3 aromatic carbocycles. The van der Waals surface area contributed by atoms with Crippen molar-refractivity contribution < 1.29 is 45.3 Å². The van der Waals surface area contributed by atoms with Gasteiger partial charge in [0, 0.05) is 6.07 Å². The summed E-state index contributed by atoms with van der Waals surface area (Å²) < 4.78 is 105. The normalized spacial score (nSPS) is 12.0.